The van der Waals surface area contributed by atoms with Gasteiger partial charge < -0.3 is 14.5 Å². The number of carbonyl (C=O) groups is 2. The van der Waals surface area contributed by atoms with Gasteiger partial charge in [-0.25, -0.2) is 0 Å². The lowest BCUT2D eigenvalue weighted by atomic mass is 10.2. The van der Waals surface area contributed by atoms with Gasteiger partial charge in [-0.1, -0.05) is 6.08 Å². The molecule has 1 heterocycles. The summed E-state index contributed by atoms with van der Waals surface area (Å²) < 4.78 is 5.29. The first kappa shape index (κ1) is 13.9. The molecule has 0 aromatic rings. The number of likely N-dealkylation sites (N-methyl/N-ethyl adjacent to an activating group) is 1. The molecule has 1 saturated heterocycles. The summed E-state index contributed by atoms with van der Waals surface area (Å²) in [6.45, 7) is 3.56. The molecule has 0 aliphatic carbocycles. The van der Waals surface area contributed by atoms with Crippen molar-refractivity contribution in [2.75, 3.05) is 40.3 Å². The summed E-state index contributed by atoms with van der Waals surface area (Å²) in [6, 6.07) is 0. The summed E-state index contributed by atoms with van der Waals surface area (Å²) in [5, 5.41) is 0. The minimum Gasteiger partial charge on any atom is -0.367 e. The lowest BCUT2D eigenvalue weighted by molar-refractivity contribution is -0.141. The van der Waals surface area contributed by atoms with E-state index in [0.29, 0.717) is 19.7 Å². The molecule has 0 aromatic carbocycles. The molecule has 1 aliphatic heterocycles. The quantitative estimate of drug-likeness (QED) is 0.645. The fraction of sp³-hybridized carbons (Fsp3) is 0.667. The Morgan fingerprint density at radius 3 is 2.76 bits per heavy atom. The third-order valence-corrected chi connectivity index (χ3v) is 2.56. The predicted molar refractivity (Wildman–Crippen MR) is 64.7 cm³/mol. The summed E-state index contributed by atoms with van der Waals surface area (Å²) in [5.41, 5.74) is 0. The van der Waals surface area contributed by atoms with E-state index in [1.807, 2.05) is 25.1 Å². The second-order valence-electron chi connectivity index (χ2n) is 4.42. The predicted octanol–water partition coefficient (Wildman–Crippen LogP) is -0.0794. The Kier molecular flexibility index (Phi) is 5.31. The monoisotopic (exact) mass is 240 g/mol. The summed E-state index contributed by atoms with van der Waals surface area (Å²) in [6.07, 6.45) is 2.92. The van der Waals surface area contributed by atoms with Crippen molar-refractivity contribution in [3.05, 3.63) is 12.2 Å². The molecule has 1 aliphatic rings. The molecule has 0 N–H and O–H groups in total. The molecular weight excluding hydrogens is 220 g/mol. The Balaban J connectivity index is 2.46. The zero-order valence-electron chi connectivity index (χ0n) is 10.7. The maximum absolute atomic E-state index is 11.8. The van der Waals surface area contributed by atoms with Crippen molar-refractivity contribution in [3.8, 4) is 0 Å². The van der Waals surface area contributed by atoms with Crippen LogP contribution in [-0.4, -0.2) is 67.9 Å². The average Bonchev–Trinajstić information content (AvgIpc) is 2.28. The van der Waals surface area contributed by atoms with Crippen LogP contribution >= 0.6 is 0 Å². The van der Waals surface area contributed by atoms with Crippen LogP contribution in [0.5, 0.6) is 0 Å². The van der Waals surface area contributed by atoms with Gasteiger partial charge in [0.15, 0.2) is 5.78 Å². The second-order valence-corrected chi connectivity index (χ2v) is 4.42. The highest BCUT2D eigenvalue weighted by Gasteiger charge is 2.25. The number of carbonyl (C=O) groups excluding carboxylic acids is 2. The van der Waals surface area contributed by atoms with Crippen LogP contribution in [0.1, 0.15) is 6.92 Å². The summed E-state index contributed by atoms with van der Waals surface area (Å²) in [7, 11) is 3.88. The molecule has 0 radical (unpaired) electrons. The normalized spacial score (nSPS) is 21.2. The van der Waals surface area contributed by atoms with E-state index in [1.54, 1.807) is 11.0 Å². The van der Waals surface area contributed by atoms with E-state index in [4.69, 9.17) is 4.74 Å². The Morgan fingerprint density at radius 1 is 1.47 bits per heavy atom. The van der Waals surface area contributed by atoms with Crippen molar-refractivity contribution in [2.24, 2.45) is 0 Å². The highest BCUT2D eigenvalue weighted by molar-refractivity contribution is 5.88. The number of amides is 1. The SMILES string of the molecule is CC(=O)C1CN(C(=O)/C=C/CN(C)C)CCO1. The molecule has 1 rings (SSSR count). The van der Waals surface area contributed by atoms with Gasteiger partial charge in [0.05, 0.1) is 13.2 Å². The van der Waals surface area contributed by atoms with Crippen LogP contribution in [0.2, 0.25) is 0 Å². The van der Waals surface area contributed by atoms with Crippen LogP contribution in [0.3, 0.4) is 0 Å². The molecule has 0 saturated carbocycles. The number of hydrogen-bond donors (Lipinski definition) is 0. The van der Waals surface area contributed by atoms with E-state index in [-0.39, 0.29) is 11.7 Å². The molecule has 96 valence electrons. The van der Waals surface area contributed by atoms with Gasteiger partial charge in [0, 0.05) is 19.2 Å². The van der Waals surface area contributed by atoms with Gasteiger partial charge in [0.25, 0.3) is 0 Å². The van der Waals surface area contributed by atoms with Crippen molar-refractivity contribution in [2.45, 2.75) is 13.0 Å². The first-order chi connectivity index (χ1) is 8.00. The number of Topliss-reactive ketones (excluding diaryl/α,β-unsaturated/α-hetero) is 1. The minimum atomic E-state index is -0.463. The van der Waals surface area contributed by atoms with Crippen molar-refractivity contribution in [1.82, 2.24) is 9.80 Å². The molecule has 5 nitrogen and oxygen atoms in total. The lowest BCUT2D eigenvalue weighted by Crippen LogP contribution is -2.47. The van der Waals surface area contributed by atoms with E-state index >= 15 is 0 Å². The highest BCUT2D eigenvalue weighted by atomic mass is 16.5. The number of morpholine rings is 1. The fourth-order valence-corrected chi connectivity index (χ4v) is 1.57. The lowest BCUT2D eigenvalue weighted by Gasteiger charge is -2.30. The van der Waals surface area contributed by atoms with E-state index in [1.165, 1.54) is 6.92 Å². The molecule has 1 unspecified atom stereocenters. The smallest absolute Gasteiger partial charge is 0.246 e. The highest BCUT2D eigenvalue weighted by Crippen LogP contribution is 2.06. The maximum atomic E-state index is 11.8. The Hall–Kier alpha value is -1.20. The summed E-state index contributed by atoms with van der Waals surface area (Å²) >= 11 is 0. The van der Waals surface area contributed by atoms with E-state index in [2.05, 4.69) is 0 Å². The van der Waals surface area contributed by atoms with Gasteiger partial charge >= 0.3 is 0 Å². The molecule has 1 fully saturated rings. The third-order valence-electron chi connectivity index (χ3n) is 2.56. The topological polar surface area (TPSA) is 49.9 Å². The van der Waals surface area contributed by atoms with E-state index in [9.17, 15) is 9.59 Å². The molecule has 1 amide bonds. The van der Waals surface area contributed by atoms with E-state index < -0.39 is 6.10 Å². The van der Waals surface area contributed by atoms with Crippen LogP contribution in [0.25, 0.3) is 0 Å². The number of ether oxygens (including phenoxy) is 1. The number of ketones is 1. The molecule has 0 aromatic heterocycles. The molecular formula is C12H20N2O3. The van der Waals surface area contributed by atoms with Gasteiger partial charge in [0.2, 0.25) is 5.91 Å². The van der Waals surface area contributed by atoms with Gasteiger partial charge in [-0.2, -0.15) is 0 Å². The third kappa shape index (κ3) is 4.66. The number of hydrogen-bond acceptors (Lipinski definition) is 4. The van der Waals surface area contributed by atoms with Crippen molar-refractivity contribution in [1.29, 1.82) is 0 Å². The van der Waals surface area contributed by atoms with Gasteiger partial charge in [-0.3, -0.25) is 9.59 Å². The molecule has 0 bridgehead atoms. The Morgan fingerprint density at radius 2 is 2.18 bits per heavy atom. The maximum Gasteiger partial charge on any atom is 0.246 e. The van der Waals surface area contributed by atoms with Crippen LogP contribution in [0, 0.1) is 0 Å². The Labute approximate surface area is 102 Å². The second kappa shape index (κ2) is 6.51. The average molecular weight is 240 g/mol. The van der Waals surface area contributed by atoms with Crippen LogP contribution < -0.4 is 0 Å². The van der Waals surface area contributed by atoms with Crippen molar-refractivity contribution in [3.63, 3.8) is 0 Å². The van der Waals surface area contributed by atoms with Crippen LogP contribution in [-0.2, 0) is 14.3 Å². The molecule has 1 atom stereocenters. The van der Waals surface area contributed by atoms with Crippen molar-refractivity contribution >= 4 is 11.7 Å². The van der Waals surface area contributed by atoms with Gasteiger partial charge in [-0.05, 0) is 21.0 Å². The zero-order valence-corrected chi connectivity index (χ0v) is 10.7. The largest absolute Gasteiger partial charge is 0.367 e. The van der Waals surface area contributed by atoms with E-state index in [0.717, 1.165) is 6.54 Å². The minimum absolute atomic E-state index is 0.0280. The molecule has 5 heteroatoms. The van der Waals surface area contributed by atoms with Crippen LogP contribution in [0.15, 0.2) is 12.2 Å². The fourth-order valence-electron chi connectivity index (χ4n) is 1.57. The zero-order chi connectivity index (χ0) is 12.8. The number of rotatable bonds is 4. The van der Waals surface area contributed by atoms with Gasteiger partial charge in [0.1, 0.15) is 6.10 Å². The Bertz CT molecular complexity index is 313. The first-order valence-electron chi connectivity index (χ1n) is 5.73. The summed E-state index contributed by atoms with van der Waals surface area (Å²) in [4.78, 5) is 26.6. The van der Waals surface area contributed by atoms with Crippen LogP contribution in [0.4, 0.5) is 0 Å². The standard InChI is InChI=1S/C12H20N2O3/c1-10(15)11-9-14(7-8-17-11)12(16)5-4-6-13(2)3/h4-5,11H,6-9H2,1-3H3/b5-4+. The summed E-state index contributed by atoms with van der Waals surface area (Å²) in [5.74, 6) is -0.0822. The van der Waals surface area contributed by atoms with Crippen molar-refractivity contribution < 1.29 is 14.3 Å². The molecule has 17 heavy (non-hydrogen) atoms. The first-order valence-corrected chi connectivity index (χ1v) is 5.73. The number of nitrogens with zero attached hydrogens (tertiary/aromatic N) is 2. The molecule has 0 spiro atoms. The van der Waals surface area contributed by atoms with Gasteiger partial charge in [-0.15, -0.1) is 0 Å².